The molecule has 1 saturated carbocycles. The molecular weight excluding hydrogens is 288 g/mol. The van der Waals surface area contributed by atoms with E-state index in [1.165, 1.54) is 25.7 Å². The van der Waals surface area contributed by atoms with Crippen molar-refractivity contribution in [1.82, 2.24) is 9.80 Å². The van der Waals surface area contributed by atoms with Gasteiger partial charge in [-0.3, -0.25) is 4.79 Å². The van der Waals surface area contributed by atoms with Crippen LogP contribution in [0.3, 0.4) is 0 Å². The van der Waals surface area contributed by atoms with Crippen LogP contribution in [0.1, 0.15) is 58.3 Å². The highest BCUT2D eigenvalue weighted by molar-refractivity contribution is 5.79. The van der Waals surface area contributed by atoms with Crippen LogP contribution in [0.2, 0.25) is 0 Å². The Morgan fingerprint density at radius 3 is 2.39 bits per heavy atom. The van der Waals surface area contributed by atoms with Crippen molar-refractivity contribution >= 4 is 5.91 Å². The van der Waals surface area contributed by atoms with Gasteiger partial charge in [-0.2, -0.15) is 0 Å². The fourth-order valence-electron chi connectivity index (χ4n) is 4.81. The van der Waals surface area contributed by atoms with E-state index in [1.54, 1.807) is 0 Å². The minimum absolute atomic E-state index is 0.289. The fourth-order valence-corrected chi connectivity index (χ4v) is 4.81. The van der Waals surface area contributed by atoms with Crippen LogP contribution in [-0.2, 0) is 9.53 Å². The molecule has 2 atom stereocenters. The van der Waals surface area contributed by atoms with Gasteiger partial charge in [0.15, 0.2) is 0 Å². The summed E-state index contributed by atoms with van der Waals surface area (Å²) in [6.45, 7) is 6.43. The molecule has 2 unspecified atom stereocenters. The van der Waals surface area contributed by atoms with Gasteiger partial charge in [-0.1, -0.05) is 19.8 Å². The highest BCUT2D eigenvalue weighted by atomic mass is 16.5. The van der Waals surface area contributed by atoms with Crippen LogP contribution in [0, 0.1) is 11.8 Å². The predicted octanol–water partition coefficient (Wildman–Crippen LogP) is 2.91. The first-order valence-electron chi connectivity index (χ1n) is 9.73. The average molecular weight is 322 g/mol. The molecule has 132 valence electrons. The third kappa shape index (κ3) is 4.27. The van der Waals surface area contributed by atoms with Crippen molar-refractivity contribution in [3.63, 3.8) is 0 Å². The number of hydrogen-bond donors (Lipinski definition) is 0. The lowest BCUT2D eigenvalue weighted by Crippen LogP contribution is -2.50. The first kappa shape index (κ1) is 17.2. The minimum Gasteiger partial charge on any atom is -0.381 e. The zero-order valence-electron chi connectivity index (χ0n) is 15.0. The summed E-state index contributed by atoms with van der Waals surface area (Å²) in [5.74, 6) is 1.43. The fraction of sp³-hybridized carbons (Fsp3) is 0.947. The Hall–Kier alpha value is -0.610. The lowest BCUT2D eigenvalue weighted by molar-refractivity contribution is -0.139. The van der Waals surface area contributed by atoms with Crippen molar-refractivity contribution in [2.75, 3.05) is 33.4 Å². The lowest BCUT2D eigenvalue weighted by atomic mass is 9.81. The minimum atomic E-state index is 0.289. The highest BCUT2D eigenvalue weighted by Crippen LogP contribution is 2.31. The predicted molar refractivity (Wildman–Crippen MR) is 92.3 cm³/mol. The van der Waals surface area contributed by atoms with Gasteiger partial charge < -0.3 is 14.5 Å². The SMILES string of the molecule is CC1CCCC(C(=O)N(C)C2CCN(C3CCOCC3)CC2)C1. The number of carbonyl (C=O) groups excluding carboxylic acids is 1. The maximum absolute atomic E-state index is 12.8. The molecule has 4 heteroatoms. The van der Waals surface area contributed by atoms with E-state index in [9.17, 15) is 4.79 Å². The Labute approximate surface area is 141 Å². The van der Waals surface area contributed by atoms with Crippen LogP contribution in [0.5, 0.6) is 0 Å². The number of hydrogen-bond acceptors (Lipinski definition) is 3. The summed E-state index contributed by atoms with van der Waals surface area (Å²) in [6.07, 6.45) is 9.38. The molecule has 0 aromatic heterocycles. The maximum atomic E-state index is 12.8. The normalized spacial score (nSPS) is 31.9. The molecule has 0 aromatic carbocycles. The first-order valence-corrected chi connectivity index (χ1v) is 9.73. The number of carbonyl (C=O) groups is 1. The van der Waals surface area contributed by atoms with E-state index in [0.717, 1.165) is 57.9 Å². The Bertz CT molecular complexity index is 387. The van der Waals surface area contributed by atoms with Crippen LogP contribution >= 0.6 is 0 Å². The van der Waals surface area contributed by atoms with Crippen LogP contribution < -0.4 is 0 Å². The monoisotopic (exact) mass is 322 g/mol. The van der Waals surface area contributed by atoms with Gasteiger partial charge in [-0.25, -0.2) is 0 Å². The molecule has 23 heavy (non-hydrogen) atoms. The quantitative estimate of drug-likeness (QED) is 0.801. The van der Waals surface area contributed by atoms with Gasteiger partial charge in [0.1, 0.15) is 0 Å². The summed E-state index contributed by atoms with van der Waals surface area (Å²) in [7, 11) is 2.05. The topological polar surface area (TPSA) is 32.8 Å². The van der Waals surface area contributed by atoms with Gasteiger partial charge in [0.05, 0.1) is 0 Å². The van der Waals surface area contributed by atoms with Crippen molar-refractivity contribution in [1.29, 1.82) is 0 Å². The number of piperidine rings is 1. The first-order chi connectivity index (χ1) is 11.1. The zero-order valence-corrected chi connectivity index (χ0v) is 15.0. The van der Waals surface area contributed by atoms with E-state index in [1.807, 2.05) is 0 Å². The standard InChI is InChI=1S/C19H34N2O2/c1-15-4-3-5-16(14-15)19(22)20(2)17-6-10-21(11-7-17)18-8-12-23-13-9-18/h15-18H,3-14H2,1-2H3. The molecule has 2 heterocycles. The smallest absolute Gasteiger partial charge is 0.225 e. The zero-order chi connectivity index (χ0) is 16.2. The van der Waals surface area contributed by atoms with Gasteiger partial charge in [0, 0.05) is 51.4 Å². The van der Waals surface area contributed by atoms with Crippen molar-refractivity contribution in [2.24, 2.45) is 11.8 Å². The Kier molecular flexibility index (Phi) is 5.97. The second kappa shape index (κ2) is 7.98. The van der Waals surface area contributed by atoms with Gasteiger partial charge in [0.25, 0.3) is 0 Å². The van der Waals surface area contributed by atoms with Gasteiger partial charge in [-0.05, 0) is 44.4 Å². The molecule has 0 bridgehead atoms. The number of nitrogens with zero attached hydrogens (tertiary/aromatic N) is 2. The van der Waals surface area contributed by atoms with Gasteiger partial charge >= 0.3 is 0 Å². The van der Waals surface area contributed by atoms with Gasteiger partial charge in [-0.15, -0.1) is 0 Å². The van der Waals surface area contributed by atoms with Crippen LogP contribution in [-0.4, -0.2) is 61.1 Å². The number of rotatable bonds is 3. The third-order valence-electron chi connectivity index (χ3n) is 6.39. The molecule has 0 aromatic rings. The summed E-state index contributed by atoms with van der Waals surface area (Å²) < 4.78 is 5.48. The lowest BCUT2D eigenvalue weighted by Gasteiger charge is -2.42. The second-order valence-electron chi connectivity index (χ2n) is 8.03. The molecule has 2 saturated heterocycles. The number of ether oxygens (including phenoxy) is 1. The maximum Gasteiger partial charge on any atom is 0.225 e. The molecule has 3 fully saturated rings. The molecule has 3 aliphatic rings. The van der Waals surface area contributed by atoms with E-state index < -0.39 is 0 Å². The van der Waals surface area contributed by atoms with Crippen LogP contribution in [0.15, 0.2) is 0 Å². The Morgan fingerprint density at radius 2 is 1.74 bits per heavy atom. The molecule has 3 rings (SSSR count). The molecule has 0 N–H and O–H groups in total. The molecule has 0 spiro atoms. The van der Waals surface area contributed by atoms with E-state index in [4.69, 9.17) is 4.74 Å². The molecular formula is C19H34N2O2. The van der Waals surface area contributed by atoms with Crippen molar-refractivity contribution in [3.8, 4) is 0 Å². The summed E-state index contributed by atoms with van der Waals surface area (Å²) in [6, 6.07) is 1.17. The second-order valence-corrected chi connectivity index (χ2v) is 8.03. The molecule has 4 nitrogen and oxygen atoms in total. The summed E-state index contributed by atoms with van der Waals surface area (Å²) in [4.78, 5) is 17.6. The third-order valence-corrected chi connectivity index (χ3v) is 6.39. The van der Waals surface area contributed by atoms with Crippen LogP contribution in [0.25, 0.3) is 0 Å². The number of amides is 1. The molecule has 2 aliphatic heterocycles. The molecule has 0 radical (unpaired) electrons. The van der Waals surface area contributed by atoms with E-state index in [0.29, 0.717) is 18.0 Å². The Morgan fingerprint density at radius 1 is 1.04 bits per heavy atom. The van der Waals surface area contributed by atoms with Gasteiger partial charge in [0.2, 0.25) is 5.91 Å². The van der Waals surface area contributed by atoms with E-state index in [-0.39, 0.29) is 5.92 Å². The highest BCUT2D eigenvalue weighted by Gasteiger charge is 2.33. The van der Waals surface area contributed by atoms with Crippen molar-refractivity contribution < 1.29 is 9.53 Å². The average Bonchev–Trinajstić information content (AvgIpc) is 2.61. The summed E-state index contributed by atoms with van der Waals surface area (Å²) in [5, 5.41) is 0. The summed E-state index contributed by atoms with van der Waals surface area (Å²) >= 11 is 0. The molecule has 1 aliphatic carbocycles. The largest absolute Gasteiger partial charge is 0.381 e. The summed E-state index contributed by atoms with van der Waals surface area (Å²) in [5.41, 5.74) is 0. The number of likely N-dealkylation sites (tertiary alicyclic amines) is 1. The van der Waals surface area contributed by atoms with E-state index in [2.05, 4.69) is 23.8 Å². The Balaban J connectivity index is 1.47. The van der Waals surface area contributed by atoms with Crippen molar-refractivity contribution in [2.45, 2.75) is 70.4 Å². The van der Waals surface area contributed by atoms with E-state index >= 15 is 0 Å². The van der Waals surface area contributed by atoms with Crippen LogP contribution in [0.4, 0.5) is 0 Å². The van der Waals surface area contributed by atoms with Crippen molar-refractivity contribution in [3.05, 3.63) is 0 Å². The molecule has 1 amide bonds.